The summed E-state index contributed by atoms with van der Waals surface area (Å²) in [4.78, 5) is 8.99. The highest BCUT2D eigenvalue weighted by molar-refractivity contribution is 6.08. The molecule has 0 unspecified atom stereocenters. The number of nitrogen functional groups attached to an aromatic ring is 1. The molecule has 7 heteroatoms. The van der Waals surface area contributed by atoms with E-state index in [1.54, 1.807) is 7.11 Å². The summed E-state index contributed by atoms with van der Waals surface area (Å²) in [5.74, 6) is 2.13. The third-order valence-electron chi connectivity index (χ3n) is 3.72. The number of nitrogens with two attached hydrogens (primary N) is 1. The predicted octanol–water partition coefficient (Wildman–Crippen LogP) is 3.77. The summed E-state index contributed by atoms with van der Waals surface area (Å²) in [5.41, 5.74) is 9.43. The van der Waals surface area contributed by atoms with Gasteiger partial charge in [0.25, 0.3) is 0 Å². The standard InChI is InChI=1S/C18H21N5O2.CH4/c1-4-25-11(2)21-16-9-14-17(18(19)23-16)22-15(10-20-14)12-5-7-13(24-3)8-6-12;/h5-9,20H,2,4,10H2,1,3H3,(H3,19,21,23);1H4. The molecular formula is C19H25N5O2. The first-order chi connectivity index (χ1) is 12.1. The third kappa shape index (κ3) is 4.05. The molecule has 1 aliphatic heterocycles. The van der Waals surface area contributed by atoms with Gasteiger partial charge in [0.15, 0.2) is 11.7 Å². The number of hydrogen-bond acceptors (Lipinski definition) is 7. The van der Waals surface area contributed by atoms with Crippen LogP contribution in [0.4, 0.5) is 23.0 Å². The van der Waals surface area contributed by atoms with Gasteiger partial charge in [-0.05, 0) is 43.3 Å². The highest BCUT2D eigenvalue weighted by Crippen LogP contribution is 2.36. The van der Waals surface area contributed by atoms with Crippen LogP contribution < -0.4 is 21.1 Å². The van der Waals surface area contributed by atoms with Crippen molar-refractivity contribution < 1.29 is 9.47 Å². The smallest absolute Gasteiger partial charge is 0.184 e. The molecule has 3 rings (SSSR count). The van der Waals surface area contributed by atoms with Crippen LogP contribution in [0.2, 0.25) is 0 Å². The number of rotatable bonds is 6. The highest BCUT2D eigenvalue weighted by atomic mass is 16.5. The maximum Gasteiger partial charge on any atom is 0.184 e. The lowest BCUT2D eigenvalue weighted by Gasteiger charge is -2.20. The van der Waals surface area contributed by atoms with Crippen molar-refractivity contribution in [3.05, 3.63) is 48.4 Å². The Morgan fingerprint density at radius 2 is 2.08 bits per heavy atom. The maximum atomic E-state index is 6.09. The Morgan fingerprint density at radius 1 is 1.35 bits per heavy atom. The fraction of sp³-hybridized carbons (Fsp3) is 0.263. The topological polar surface area (TPSA) is 93.8 Å². The van der Waals surface area contributed by atoms with Gasteiger partial charge in [-0.3, -0.25) is 0 Å². The molecule has 2 heterocycles. The van der Waals surface area contributed by atoms with E-state index in [4.69, 9.17) is 15.2 Å². The monoisotopic (exact) mass is 355 g/mol. The number of anilines is 3. The molecule has 7 nitrogen and oxygen atoms in total. The largest absolute Gasteiger partial charge is 0.497 e. The molecule has 1 aromatic heterocycles. The van der Waals surface area contributed by atoms with Crippen LogP contribution in [-0.4, -0.2) is 31.0 Å². The lowest BCUT2D eigenvalue weighted by molar-refractivity contribution is 0.236. The van der Waals surface area contributed by atoms with E-state index in [0.717, 1.165) is 22.7 Å². The molecule has 0 amide bonds. The molecule has 0 atom stereocenters. The van der Waals surface area contributed by atoms with Crippen LogP contribution in [-0.2, 0) is 4.74 Å². The number of nitrogens with zero attached hydrogens (tertiary/aromatic N) is 2. The van der Waals surface area contributed by atoms with E-state index in [1.165, 1.54) is 0 Å². The average Bonchev–Trinajstić information content (AvgIpc) is 2.62. The molecule has 1 aromatic carbocycles. The zero-order valence-corrected chi connectivity index (χ0v) is 14.3. The van der Waals surface area contributed by atoms with Gasteiger partial charge in [0.1, 0.15) is 17.3 Å². The number of ether oxygens (including phenoxy) is 2. The Bertz CT molecular complexity index is 815. The van der Waals surface area contributed by atoms with E-state index in [1.807, 2.05) is 37.3 Å². The van der Waals surface area contributed by atoms with Crippen LogP contribution >= 0.6 is 0 Å². The molecule has 0 spiro atoms. The molecular weight excluding hydrogens is 330 g/mol. The van der Waals surface area contributed by atoms with Crippen molar-refractivity contribution in [2.45, 2.75) is 14.4 Å². The summed E-state index contributed by atoms with van der Waals surface area (Å²) >= 11 is 0. The normalized spacial score (nSPS) is 12.0. The van der Waals surface area contributed by atoms with E-state index >= 15 is 0 Å². The van der Waals surface area contributed by atoms with Crippen molar-refractivity contribution >= 4 is 28.7 Å². The van der Waals surface area contributed by atoms with Crippen LogP contribution in [0.5, 0.6) is 5.75 Å². The molecule has 2 aromatic rings. The number of pyridine rings is 1. The number of benzene rings is 1. The molecule has 0 bridgehead atoms. The number of hydrogen-bond donors (Lipinski definition) is 3. The molecule has 0 aliphatic carbocycles. The van der Waals surface area contributed by atoms with Gasteiger partial charge in [-0.2, -0.15) is 0 Å². The minimum absolute atomic E-state index is 0. The summed E-state index contributed by atoms with van der Waals surface area (Å²) in [5, 5.41) is 6.31. The van der Waals surface area contributed by atoms with Crippen molar-refractivity contribution in [2.24, 2.45) is 4.99 Å². The Hall–Kier alpha value is -3.22. The molecule has 26 heavy (non-hydrogen) atoms. The Kier molecular flexibility index (Phi) is 6.06. The second-order valence-electron chi connectivity index (χ2n) is 5.41. The molecule has 0 fully saturated rings. The van der Waals surface area contributed by atoms with Gasteiger partial charge in [-0.1, -0.05) is 7.43 Å². The Balaban J connectivity index is 0.00000243. The molecule has 138 valence electrons. The second kappa shape index (κ2) is 8.24. The van der Waals surface area contributed by atoms with Crippen LogP contribution in [0, 0.1) is 0 Å². The van der Waals surface area contributed by atoms with E-state index in [0.29, 0.717) is 36.4 Å². The lowest BCUT2D eigenvalue weighted by Crippen LogP contribution is -2.20. The van der Waals surface area contributed by atoms with Crippen molar-refractivity contribution in [2.75, 3.05) is 36.6 Å². The maximum absolute atomic E-state index is 6.09. The fourth-order valence-corrected chi connectivity index (χ4v) is 2.53. The molecule has 0 radical (unpaired) electrons. The molecule has 0 saturated heterocycles. The van der Waals surface area contributed by atoms with Crippen molar-refractivity contribution in [3.8, 4) is 5.75 Å². The van der Waals surface area contributed by atoms with Gasteiger partial charge >= 0.3 is 0 Å². The van der Waals surface area contributed by atoms with Crippen molar-refractivity contribution in [1.82, 2.24) is 4.98 Å². The van der Waals surface area contributed by atoms with E-state index in [-0.39, 0.29) is 7.43 Å². The minimum Gasteiger partial charge on any atom is -0.497 e. The summed E-state index contributed by atoms with van der Waals surface area (Å²) in [6.07, 6.45) is 0. The molecule has 4 N–H and O–H groups in total. The zero-order valence-electron chi connectivity index (χ0n) is 14.3. The number of nitrogens with one attached hydrogen (secondary N) is 2. The van der Waals surface area contributed by atoms with E-state index in [9.17, 15) is 0 Å². The molecule has 0 saturated carbocycles. The third-order valence-corrected chi connectivity index (χ3v) is 3.72. The summed E-state index contributed by atoms with van der Waals surface area (Å²) in [6.45, 7) is 6.78. The first kappa shape index (κ1) is 19.1. The van der Waals surface area contributed by atoms with Gasteiger partial charge in [-0.25, -0.2) is 9.98 Å². The van der Waals surface area contributed by atoms with Gasteiger partial charge in [0.05, 0.1) is 31.7 Å². The van der Waals surface area contributed by atoms with Gasteiger partial charge in [0, 0.05) is 6.07 Å². The lowest BCUT2D eigenvalue weighted by atomic mass is 10.1. The Morgan fingerprint density at radius 3 is 2.73 bits per heavy atom. The summed E-state index contributed by atoms with van der Waals surface area (Å²) in [6, 6.07) is 9.58. The highest BCUT2D eigenvalue weighted by Gasteiger charge is 2.17. The SMILES string of the molecule is C.C=C(Nc1cc2c(c(N)n1)N=C(c1ccc(OC)cc1)CN2)OCC. The van der Waals surface area contributed by atoms with Gasteiger partial charge < -0.3 is 25.8 Å². The van der Waals surface area contributed by atoms with Gasteiger partial charge in [0.2, 0.25) is 0 Å². The van der Waals surface area contributed by atoms with E-state index in [2.05, 4.69) is 27.2 Å². The van der Waals surface area contributed by atoms with Crippen molar-refractivity contribution in [1.29, 1.82) is 0 Å². The molecule has 1 aliphatic rings. The zero-order chi connectivity index (χ0) is 17.8. The minimum atomic E-state index is 0. The first-order valence-corrected chi connectivity index (χ1v) is 7.95. The first-order valence-electron chi connectivity index (χ1n) is 7.95. The van der Waals surface area contributed by atoms with Crippen LogP contribution in [0.25, 0.3) is 0 Å². The summed E-state index contributed by atoms with van der Waals surface area (Å²) in [7, 11) is 1.64. The fourth-order valence-electron chi connectivity index (χ4n) is 2.53. The van der Waals surface area contributed by atoms with Crippen LogP contribution in [0.15, 0.2) is 47.8 Å². The average molecular weight is 355 g/mol. The number of fused-ring (bicyclic) bond motifs is 1. The number of aromatic nitrogens is 1. The van der Waals surface area contributed by atoms with Crippen LogP contribution in [0.1, 0.15) is 19.9 Å². The Labute approximate surface area is 154 Å². The van der Waals surface area contributed by atoms with Crippen molar-refractivity contribution in [3.63, 3.8) is 0 Å². The number of methoxy groups -OCH3 is 1. The predicted molar refractivity (Wildman–Crippen MR) is 107 cm³/mol. The van der Waals surface area contributed by atoms with Gasteiger partial charge in [-0.15, -0.1) is 0 Å². The summed E-state index contributed by atoms with van der Waals surface area (Å²) < 4.78 is 10.5. The van der Waals surface area contributed by atoms with E-state index < -0.39 is 0 Å². The van der Waals surface area contributed by atoms with Crippen LogP contribution in [0.3, 0.4) is 0 Å². The second-order valence-corrected chi connectivity index (χ2v) is 5.41. The quantitative estimate of drug-likeness (QED) is 0.683. The number of aliphatic imine (C=N–C) groups is 1.